The highest BCUT2D eigenvalue weighted by Gasteiger charge is 2.01. The summed E-state index contributed by atoms with van der Waals surface area (Å²) in [6, 6.07) is 19.5. The van der Waals surface area contributed by atoms with Gasteiger partial charge in [-0.3, -0.25) is 4.55 Å². The van der Waals surface area contributed by atoms with E-state index in [0.717, 1.165) is 24.3 Å². The Kier molecular flexibility index (Phi) is 11.5. The molecule has 0 saturated heterocycles. The zero-order valence-electron chi connectivity index (χ0n) is 13.8. The molecular weight excluding hydrogens is 330 g/mol. The lowest BCUT2D eigenvalue weighted by Gasteiger charge is -2.03. The van der Waals surface area contributed by atoms with E-state index in [0.29, 0.717) is 6.42 Å². The summed E-state index contributed by atoms with van der Waals surface area (Å²) in [5, 5.41) is 0. The average molecular weight is 355 g/mol. The molecule has 0 aliphatic rings. The minimum Gasteiger partial charge on any atom is -0.457 e. The van der Waals surface area contributed by atoms with Crippen LogP contribution in [-0.2, 0) is 14.6 Å². The molecule has 4 N–H and O–H groups in total. The second kappa shape index (κ2) is 12.5. The van der Waals surface area contributed by atoms with Gasteiger partial charge in [0.1, 0.15) is 11.5 Å². The molecule has 6 nitrogen and oxygen atoms in total. The van der Waals surface area contributed by atoms with Gasteiger partial charge in [-0.05, 0) is 30.7 Å². The summed E-state index contributed by atoms with van der Waals surface area (Å²) < 4.78 is 37.6. The summed E-state index contributed by atoms with van der Waals surface area (Å²) in [6.07, 6.45) is 2.57. The molecule has 0 fully saturated rings. The smallest absolute Gasteiger partial charge is 0.397 e. The quantitative estimate of drug-likeness (QED) is 0.553. The lowest BCUT2D eigenvalue weighted by molar-refractivity contribution is 0.262. The number of hydrogen-bond donors (Lipinski definition) is 2. The lowest BCUT2D eigenvalue weighted by Crippen LogP contribution is -2.04. The van der Waals surface area contributed by atoms with Gasteiger partial charge in [0.05, 0.1) is 6.61 Å². The van der Waals surface area contributed by atoms with Crippen molar-refractivity contribution in [3.8, 4) is 11.5 Å². The van der Waals surface area contributed by atoms with E-state index in [9.17, 15) is 8.42 Å². The number of hydrogen-bond acceptors (Lipinski definition) is 5. The van der Waals surface area contributed by atoms with Gasteiger partial charge in [-0.2, -0.15) is 8.42 Å². The van der Waals surface area contributed by atoms with Crippen molar-refractivity contribution in [3.05, 3.63) is 60.7 Å². The lowest BCUT2D eigenvalue weighted by atomic mass is 10.3. The summed E-state index contributed by atoms with van der Waals surface area (Å²) in [5.74, 6) is 1.74. The average Bonchev–Trinajstić information content (AvgIpc) is 2.53. The Hall–Kier alpha value is -1.93. The van der Waals surface area contributed by atoms with Crippen molar-refractivity contribution in [1.29, 1.82) is 0 Å². The molecule has 0 amide bonds. The predicted octanol–water partition coefficient (Wildman–Crippen LogP) is 4.64. The van der Waals surface area contributed by atoms with Crippen molar-refractivity contribution < 1.29 is 21.9 Å². The molecule has 0 bridgehead atoms. The molecule has 0 radical (unpaired) electrons. The van der Waals surface area contributed by atoms with Crippen LogP contribution < -0.4 is 10.9 Å². The Morgan fingerprint density at radius 3 is 1.71 bits per heavy atom. The van der Waals surface area contributed by atoms with E-state index in [-0.39, 0.29) is 12.8 Å². The van der Waals surface area contributed by atoms with Gasteiger partial charge in [-0.1, -0.05) is 56.2 Å². The van der Waals surface area contributed by atoms with E-state index in [2.05, 4.69) is 4.18 Å². The van der Waals surface area contributed by atoms with Crippen LogP contribution in [0.5, 0.6) is 11.5 Å². The second-order valence-corrected chi connectivity index (χ2v) is 5.78. The third kappa shape index (κ3) is 11.6. The predicted molar refractivity (Wildman–Crippen MR) is 95.0 cm³/mol. The Balaban J connectivity index is 0.000000441. The highest BCUT2D eigenvalue weighted by molar-refractivity contribution is 7.80. The van der Waals surface area contributed by atoms with Crippen molar-refractivity contribution in [2.24, 2.45) is 0 Å². The highest BCUT2D eigenvalue weighted by atomic mass is 32.3. The van der Waals surface area contributed by atoms with Crippen LogP contribution in [0.2, 0.25) is 0 Å². The standard InChI is InChI=1S/C12H10O.C5H12O4S.H3N/c1-3-7-11(8-4-1)13-12-9-5-2-6-10-12;1-2-3-4-5-9-10(6,7)8;/h1-10H;2-5H2,1H3,(H,6,7,8);1H3. The van der Waals surface area contributed by atoms with E-state index in [1.165, 1.54) is 0 Å². The number of benzene rings is 2. The minimum atomic E-state index is -4.20. The van der Waals surface area contributed by atoms with Crippen molar-refractivity contribution in [1.82, 2.24) is 6.15 Å². The first-order chi connectivity index (χ1) is 11.0. The van der Waals surface area contributed by atoms with Gasteiger partial charge < -0.3 is 10.9 Å². The maximum atomic E-state index is 9.93. The van der Waals surface area contributed by atoms with E-state index < -0.39 is 10.4 Å². The zero-order valence-corrected chi connectivity index (χ0v) is 14.6. The molecule has 0 saturated carbocycles. The van der Waals surface area contributed by atoms with Crippen LogP contribution in [0.4, 0.5) is 0 Å². The maximum absolute atomic E-state index is 9.93. The van der Waals surface area contributed by atoms with E-state index in [1.54, 1.807) is 0 Å². The number of para-hydroxylation sites is 2. The number of unbranched alkanes of at least 4 members (excludes halogenated alkanes) is 2. The third-order valence-corrected chi connectivity index (χ3v) is 3.17. The van der Waals surface area contributed by atoms with Gasteiger partial charge in [0.2, 0.25) is 0 Å². The van der Waals surface area contributed by atoms with Crippen LogP contribution >= 0.6 is 0 Å². The Bertz CT molecular complexity index is 595. The molecule has 0 aromatic heterocycles. The largest absolute Gasteiger partial charge is 0.457 e. The van der Waals surface area contributed by atoms with Crippen LogP contribution in [0.15, 0.2) is 60.7 Å². The van der Waals surface area contributed by atoms with E-state index in [4.69, 9.17) is 9.29 Å². The summed E-state index contributed by atoms with van der Waals surface area (Å²) >= 11 is 0. The molecule has 0 aliphatic carbocycles. The van der Waals surface area contributed by atoms with Crippen molar-refractivity contribution in [2.75, 3.05) is 6.61 Å². The molecule has 0 spiro atoms. The topological polar surface area (TPSA) is 108 Å². The van der Waals surface area contributed by atoms with Gasteiger partial charge in [0, 0.05) is 0 Å². The first-order valence-electron chi connectivity index (χ1n) is 7.41. The third-order valence-electron chi connectivity index (χ3n) is 2.70. The van der Waals surface area contributed by atoms with Crippen LogP contribution in [0.1, 0.15) is 26.2 Å². The fourth-order valence-corrected chi connectivity index (χ4v) is 1.96. The summed E-state index contributed by atoms with van der Waals surface area (Å²) in [6.45, 7) is 2.07. The summed E-state index contributed by atoms with van der Waals surface area (Å²) in [5.41, 5.74) is 0. The molecule has 2 rings (SSSR count). The molecule has 24 heavy (non-hydrogen) atoms. The molecule has 134 valence electrons. The molecule has 0 heterocycles. The summed E-state index contributed by atoms with van der Waals surface area (Å²) in [4.78, 5) is 0. The highest BCUT2D eigenvalue weighted by Crippen LogP contribution is 2.19. The normalized spacial score (nSPS) is 10.1. The zero-order chi connectivity index (χ0) is 17.0. The van der Waals surface area contributed by atoms with Crippen LogP contribution in [0.3, 0.4) is 0 Å². The molecule has 2 aromatic carbocycles. The van der Waals surface area contributed by atoms with Crippen molar-refractivity contribution >= 4 is 10.4 Å². The molecule has 0 unspecified atom stereocenters. The first kappa shape index (κ1) is 22.1. The van der Waals surface area contributed by atoms with Crippen LogP contribution in [0, 0.1) is 0 Å². The van der Waals surface area contributed by atoms with Gasteiger partial charge in [-0.25, -0.2) is 4.18 Å². The van der Waals surface area contributed by atoms with Gasteiger partial charge >= 0.3 is 10.4 Å². The van der Waals surface area contributed by atoms with Crippen molar-refractivity contribution in [2.45, 2.75) is 26.2 Å². The van der Waals surface area contributed by atoms with Crippen molar-refractivity contribution in [3.63, 3.8) is 0 Å². The van der Waals surface area contributed by atoms with E-state index in [1.807, 2.05) is 67.6 Å². The Morgan fingerprint density at radius 1 is 0.875 bits per heavy atom. The number of rotatable bonds is 7. The Morgan fingerprint density at radius 2 is 1.33 bits per heavy atom. The van der Waals surface area contributed by atoms with Gasteiger partial charge in [-0.15, -0.1) is 0 Å². The monoisotopic (exact) mass is 355 g/mol. The number of ether oxygens (including phenoxy) is 1. The van der Waals surface area contributed by atoms with E-state index >= 15 is 0 Å². The van der Waals surface area contributed by atoms with Crippen LogP contribution in [0.25, 0.3) is 0 Å². The fraction of sp³-hybridized carbons (Fsp3) is 0.294. The van der Waals surface area contributed by atoms with Gasteiger partial charge in [0.15, 0.2) is 0 Å². The molecule has 0 atom stereocenters. The molecule has 7 heteroatoms. The molecular formula is C17H25NO5S. The first-order valence-corrected chi connectivity index (χ1v) is 8.77. The molecule has 2 aromatic rings. The second-order valence-electron chi connectivity index (χ2n) is 4.68. The SMILES string of the molecule is CCCCCOS(=O)(=O)O.N.c1ccc(Oc2ccccc2)cc1. The summed E-state index contributed by atoms with van der Waals surface area (Å²) in [7, 11) is -4.20. The molecule has 0 aliphatic heterocycles. The maximum Gasteiger partial charge on any atom is 0.397 e. The van der Waals surface area contributed by atoms with Crippen LogP contribution in [-0.4, -0.2) is 19.6 Å². The fourth-order valence-electron chi connectivity index (χ4n) is 1.63. The Labute approximate surface area is 144 Å². The van der Waals surface area contributed by atoms with Gasteiger partial charge in [0.25, 0.3) is 0 Å². The minimum absolute atomic E-state index is 0.